The van der Waals surface area contributed by atoms with Crippen molar-refractivity contribution in [3.05, 3.63) is 51.8 Å². The van der Waals surface area contributed by atoms with Crippen LogP contribution in [0.25, 0.3) is 22.7 Å². The van der Waals surface area contributed by atoms with E-state index < -0.39 is 0 Å². The molecule has 0 amide bonds. The Hall–Kier alpha value is -2.78. The van der Waals surface area contributed by atoms with Crippen LogP contribution in [0.2, 0.25) is 0 Å². The van der Waals surface area contributed by atoms with E-state index in [1.165, 1.54) is 0 Å². The largest absolute Gasteiger partial charge is 0.493 e. The zero-order valence-corrected chi connectivity index (χ0v) is 15.6. The monoisotopic (exact) mass is 397 g/mol. The van der Waals surface area contributed by atoms with Crippen LogP contribution in [0.4, 0.5) is 0 Å². The zero-order chi connectivity index (χ0) is 18.0. The van der Waals surface area contributed by atoms with Gasteiger partial charge in [0.05, 0.1) is 35.3 Å². The number of hydrogen-bond acceptors (Lipinski definition) is 4. The molecule has 0 aliphatic rings. The van der Waals surface area contributed by atoms with Gasteiger partial charge in [0.1, 0.15) is 11.9 Å². The van der Waals surface area contributed by atoms with E-state index in [9.17, 15) is 5.26 Å². The SMILES string of the molecule is COc1ccc(/C=C(/C#N)c2nc3ccc(C)cc3[nH]2)c(Br)c1OC. The molecule has 1 aromatic heterocycles. The van der Waals surface area contributed by atoms with E-state index >= 15 is 0 Å². The summed E-state index contributed by atoms with van der Waals surface area (Å²) in [4.78, 5) is 7.71. The van der Waals surface area contributed by atoms with Crippen LogP contribution in [-0.4, -0.2) is 24.2 Å². The molecule has 0 fully saturated rings. The summed E-state index contributed by atoms with van der Waals surface area (Å²) < 4.78 is 11.4. The zero-order valence-electron chi connectivity index (χ0n) is 14.1. The summed E-state index contributed by atoms with van der Waals surface area (Å²) in [6.07, 6.45) is 1.76. The van der Waals surface area contributed by atoms with Crippen molar-refractivity contribution in [3.8, 4) is 17.6 Å². The van der Waals surface area contributed by atoms with Gasteiger partial charge in [-0.3, -0.25) is 0 Å². The summed E-state index contributed by atoms with van der Waals surface area (Å²) in [5, 5.41) is 9.59. The number of nitriles is 1. The van der Waals surface area contributed by atoms with Crippen molar-refractivity contribution < 1.29 is 9.47 Å². The van der Waals surface area contributed by atoms with E-state index in [-0.39, 0.29) is 0 Å². The van der Waals surface area contributed by atoms with Gasteiger partial charge in [0.25, 0.3) is 0 Å². The van der Waals surface area contributed by atoms with Gasteiger partial charge in [0.15, 0.2) is 11.5 Å². The Morgan fingerprint density at radius 2 is 2.04 bits per heavy atom. The Balaban J connectivity index is 2.10. The summed E-state index contributed by atoms with van der Waals surface area (Å²) in [5.74, 6) is 1.72. The number of aromatic amines is 1. The molecule has 0 aliphatic carbocycles. The molecule has 1 heterocycles. The third-order valence-corrected chi connectivity index (χ3v) is 4.65. The molecular weight excluding hydrogens is 382 g/mol. The second kappa shape index (κ2) is 6.99. The van der Waals surface area contributed by atoms with Crippen LogP contribution in [0.15, 0.2) is 34.8 Å². The average molecular weight is 398 g/mol. The lowest BCUT2D eigenvalue weighted by molar-refractivity contribution is 0.353. The number of H-pyrrole nitrogens is 1. The summed E-state index contributed by atoms with van der Waals surface area (Å²) in [5.41, 5.74) is 4.09. The lowest BCUT2D eigenvalue weighted by atomic mass is 10.1. The van der Waals surface area contributed by atoms with Crippen molar-refractivity contribution in [2.45, 2.75) is 6.92 Å². The van der Waals surface area contributed by atoms with Gasteiger partial charge in [-0.25, -0.2) is 4.98 Å². The molecule has 3 rings (SSSR count). The molecule has 1 N–H and O–H groups in total. The van der Waals surface area contributed by atoms with Crippen molar-refractivity contribution >= 4 is 38.6 Å². The Kier molecular flexibility index (Phi) is 4.77. The van der Waals surface area contributed by atoms with Crippen LogP contribution in [0.5, 0.6) is 11.5 Å². The molecule has 0 spiro atoms. The lowest BCUT2D eigenvalue weighted by Gasteiger charge is -2.11. The van der Waals surface area contributed by atoms with Gasteiger partial charge in [-0.2, -0.15) is 5.26 Å². The van der Waals surface area contributed by atoms with Gasteiger partial charge in [0.2, 0.25) is 0 Å². The Labute approximate surface area is 154 Å². The summed E-state index contributed by atoms with van der Waals surface area (Å²) in [6.45, 7) is 2.02. The molecule has 0 radical (unpaired) electrons. The third-order valence-electron chi connectivity index (χ3n) is 3.83. The first-order chi connectivity index (χ1) is 12.1. The van der Waals surface area contributed by atoms with Gasteiger partial charge in [0, 0.05) is 0 Å². The minimum absolute atomic E-state index is 0.432. The number of aryl methyl sites for hydroxylation is 1. The maximum Gasteiger partial charge on any atom is 0.175 e. The summed E-state index contributed by atoms with van der Waals surface area (Å²) in [7, 11) is 3.15. The molecule has 3 aromatic rings. The second-order valence-corrected chi connectivity index (χ2v) is 6.27. The van der Waals surface area contributed by atoms with Gasteiger partial charge < -0.3 is 14.5 Å². The van der Waals surface area contributed by atoms with Crippen LogP contribution in [0, 0.1) is 18.3 Å². The number of nitrogens with one attached hydrogen (secondary N) is 1. The first-order valence-electron chi connectivity index (χ1n) is 7.56. The highest BCUT2D eigenvalue weighted by molar-refractivity contribution is 9.10. The standard InChI is InChI=1S/C19H16BrN3O2/c1-11-4-6-14-15(8-11)23-19(22-14)13(10-21)9-12-5-7-16(24-2)18(25-3)17(12)20/h4-9H,1-3H3,(H,22,23)/b13-9-. The minimum Gasteiger partial charge on any atom is -0.493 e. The third kappa shape index (κ3) is 3.24. The van der Waals surface area contributed by atoms with Crippen LogP contribution in [0.1, 0.15) is 17.0 Å². The molecule has 0 aliphatic heterocycles. The number of methoxy groups -OCH3 is 2. The molecule has 126 valence electrons. The predicted octanol–water partition coefficient (Wildman–Crippen LogP) is 4.72. The van der Waals surface area contributed by atoms with Crippen LogP contribution >= 0.6 is 15.9 Å². The number of rotatable bonds is 4. The number of fused-ring (bicyclic) bond motifs is 1. The summed E-state index contributed by atoms with van der Waals surface area (Å²) in [6, 6.07) is 11.8. The van der Waals surface area contributed by atoms with Crippen molar-refractivity contribution in [2.75, 3.05) is 14.2 Å². The molecule has 0 unspecified atom stereocenters. The average Bonchev–Trinajstić information content (AvgIpc) is 3.03. The number of allylic oxidation sites excluding steroid dienone is 1. The Morgan fingerprint density at radius 1 is 1.24 bits per heavy atom. The predicted molar refractivity (Wildman–Crippen MR) is 102 cm³/mol. The molecule has 6 heteroatoms. The first-order valence-corrected chi connectivity index (χ1v) is 8.35. The van der Waals surface area contributed by atoms with Crippen LogP contribution in [0.3, 0.4) is 0 Å². The summed E-state index contributed by atoms with van der Waals surface area (Å²) >= 11 is 3.52. The van der Waals surface area contributed by atoms with E-state index in [1.54, 1.807) is 26.4 Å². The van der Waals surface area contributed by atoms with Crippen LogP contribution in [-0.2, 0) is 0 Å². The second-order valence-electron chi connectivity index (χ2n) is 5.48. The number of aromatic nitrogens is 2. The van der Waals surface area contributed by atoms with Crippen molar-refractivity contribution in [2.24, 2.45) is 0 Å². The molecule has 0 saturated carbocycles. The van der Waals surface area contributed by atoms with E-state index in [0.29, 0.717) is 27.4 Å². The normalized spacial score (nSPS) is 11.4. The molecule has 2 aromatic carbocycles. The highest BCUT2D eigenvalue weighted by Gasteiger charge is 2.14. The topological polar surface area (TPSA) is 70.9 Å². The Morgan fingerprint density at radius 3 is 2.72 bits per heavy atom. The first kappa shape index (κ1) is 17.1. The molecular formula is C19H16BrN3O2. The lowest BCUT2D eigenvalue weighted by Crippen LogP contribution is -1.93. The van der Waals surface area contributed by atoms with Crippen molar-refractivity contribution in [1.82, 2.24) is 9.97 Å². The highest BCUT2D eigenvalue weighted by atomic mass is 79.9. The van der Waals surface area contributed by atoms with Gasteiger partial charge in [-0.05, 0) is 64.3 Å². The number of halogens is 1. The fraction of sp³-hybridized carbons (Fsp3) is 0.158. The quantitative estimate of drug-likeness (QED) is 0.646. The van der Waals surface area contributed by atoms with E-state index in [4.69, 9.17) is 9.47 Å². The fourth-order valence-corrected chi connectivity index (χ4v) is 3.18. The van der Waals surface area contributed by atoms with E-state index in [2.05, 4.69) is 32.0 Å². The number of hydrogen-bond donors (Lipinski definition) is 1. The number of imidazole rings is 1. The van der Waals surface area contributed by atoms with Crippen molar-refractivity contribution in [3.63, 3.8) is 0 Å². The Bertz CT molecular complexity index is 1020. The molecule has 25 heavy (non-hydrogen) atoms. The molecule has 0 bridgehead atoms. The van der Waals surface area contributed by atoms with Gasteiger partial charge in [-0.15, -0.1) is 0 Å². The molecule has 0 saturated heterocycles. The fourth-order valence-electron chi connectivity index (χ4n) is 2.58. The molecule has 0 atom stereocenters. The minimum atomic E-state index is 0.432. The van der Waals surface area contributed by atoms with Crippen molar-refractivity contribution in [1.29, 1.82) is 5.26 Å². The highest BCUT2D eigenvalue weighted by Crippen LogP contribution is 2.38. The smallest absolute Gasteiger partial charge is 0.175 e. The number of benzene rings is 2. The van der Waals surface area contributed by atoms with E-state index in [1.807, 2.05) is 31.2 Å². The van der Waals surface area contributed by atoms with Crippen LogP contribution < -0.4 is 9.47 Å². The maximum atomic E-state index is 9.59. The molecule has 5 nitrogen and oxygen atoms in total. The number of ether oxygens (including phenoxy) is 2. The van der Waals surface area contributed by atoms with Gasteiger partial charge in [-0.1, -0.05) is 6.07 Å². The van der Waals surface area contributed by atoms with Gasteiger partial charge >= 0.3 is 0 Å². The maximum absolute atomic E-state index is 9.59. The van der Waals surface area contributed by atoms with E-state index in [0.717, 1.165) is 22.2 Å². The number of nitrogens with zero attached hydrogens (tertiary/aromatic N) is 2.